The van der Waals surface area contributed by atoms with Crippen LogP contribution in [0.2, 0.25) is 0 Å². The molecule has 0 aromatic carbocycles. The molecular formula is C9H15NOS. The highest BCUT2D eigenvalue weighted by molar-refractivity contribution is 7.99. The molecule has 2 nitrogen and oxygen atoms in total. The average molecular weight is 185 g/mol. The Labute approximate surface area is 77.7 Å². The summed E-state index contributed by atoms with van der Waals surface area (Å²) in [7, 11) is 2.10. The molecule has 0 atom stereocenters. The highest BCUT2D eigenvalue weighted by Crippen LogP contribution is 2.36. The second-order valence-electron chi connectivity index (χ2n) is 3.74. The van der Waals surface area contributed by atoms with Crippen molar-refractivity contribution >= 4 is 17.5 Å². The summed E-state index contributed by atoms with van der Waals surface area (Å²) >= 11 is 1.98. The van der Waals surface area contributed by atoms with E-state index >= 15 is 0 Å². The zero-order valence-electron chi connectivity index (χ0n) is 7.51. The largest absolute Gasteiger partial charge is 0.298 e. The third-order valence-electron chi connectivity index (χ3n) is 3.24. The maximum Gasteiger partial charge on any atom is 0.154 e. The summed E-state index contributed by atoms with van der Waals surface area (Å²) in [5, 5.41) is 0. The van der Waals surface area contributed by atoms with Gasteiger partial charge in [-0.05, 0) is 31.4 Å². The number of nitrogens with zero attached hydrogens (tertiary/aromatic N) is 1. The number of hydrogen-bond acceptors (Lipinski definition) is 3. The fourth-order valence-electron chi connectivity index (χ4n) is 2.30. The van der Waals surface area contributed by atoms with Crippen LogP contribution in [0.5, 0.6) is 0 Å². The van der Waals surface area contributed by atoms with Gasteiger partial charge in [-0.15, -0.1) is 0 Å². The molecule has 0 amide bonds. The van der Waals surface area contributed by atoms with E-state index < -0.39 is 0 Å². The average Bonchev–Trinajstić information content (AvgIpc) is 2.36. The molecule has 0 unspecified atom stereocenters. The smallest absolute Gasteiger partial charge is 0.154 e. The normalized spacial score (nSPS) is 29.9. The highest BCUT2D eigenvalue weighted by atomic mass is 32.2. The van der Waals surface area contributed by atoms with Crippen molar-refractivity contribution in [3.05, 3.63) is 0 Å². The molecule has 2 aliphatic rings. The van der Waals surface area contributed by atoms with Crippen LogP contribution < -0.4 is 0 Å². The first-order valence-corrected chi connectivity index (χ1v) is 5.73. The van der Waals surface area contributed by atoms with Gasteiger partial charge in [0.1, 0.15) is 0 Å². The molecule has 1 spiro atoms. The Bertz CT molecular complexity index is 199. The summed E-state index contributed by atoms with van der Waals surface area (Å²) in [5.74, 6) is 2.82. The predicted octanol–water partition coefficient (Wildman–Crippen LogP) is 1.16. The van der Waals surface area contributed by atoms with Crippen LogP contribution in [0.3, 0.4) is 0 Å². The first kappa shape index (κ1) is 8.57. The summed E-state index contributed by atoms with van der Waals surface area (Å²) < 4.78 is 0. The number of thioether (sulfide) groups is 1. The SMILES string of the molecule is CN1CCC(=O)C12CCSCC2. The van der Waals surface area contributed by atoms with Crippen LogP contribution in [-0.2, 0) is 4.79 Å². The summed E-state index contributed by atoms with van der Waals surface area (Å²) in [6, 6.07) is 0. The van der Waals surface area contributed by atoms with E-state index in [1.54, 1.807) is 0 Å². The summed E-state index contributed by atoms with van der Waals surface area (Å²) in [5.41, 5.74) is -0.0365. The lowest BCUT2D eigenvalue weighted by Gasteiger charge is -2.37. The zero-order valence-corrected chi connectivity index (χ0v) is 8.32. The maximum absolute atomic E-state index is 11.7. The number of Topliss-reactive ketones (excluding diaryl/α,β-unsaturated/α-hetero) is 1. The summed E-state index contributed by atoms with van der Waals surface area (Å²) in [6.07, 6.45) is 2.93. The maximum atomic E-state index is 11.7. The molecule has 0 saturated carbocycles. The van der Waals surface area contributed by atoms with E-state index in [4.69, 9.17) is 0 Å². The molecule has 2 aliphatic heterocycles. The van der Waals surface area contributed by atoms with Gasteiger partial charge >= 0.3 is 0 Å². The van der Waals surface area contributed by atoms with E-state index in [2.05, 4.69) is 11.9 Å². The van der Waals surface area contributed by atoms with Crippen LogP contribution in [0, 0.1) is 0 Å². The van der Waals surface area contributed by atoms with Gasteiger partial charge in [0.2, 0.25) is 0 Å². The third-order valence-corrected chi connectivity index (χ3v) is 4.23. The molecule has 0 aliphatic carbocycles. The molecule has 68 valence electrons. The molecule has 3 heteroatoms. The quantitative estimate of drug-likeness (QED) is 0.565. The Morgan fingerprint density at radius 1 is 1.42 bits per heavy atom. The molecule has 12 heavy (non-hydrogen) atoms. The van der Waals surface area contributed by atoms with Crippen LogP contribution in [0.1, 0.15) is 19.3 Å². The monoisotopic (exact) mass is 185 g/mol. The van der Waals surface area contributed by atoms with Crippen molar-refractivity contribution in [3.63, 3.8) is 0 Å². The highest BCUT2D eigenvalue weighted by Gasteiger charge is 2.46. The lowest BCUT2D eigenvalue weighted by molar-refractivity contribution is -0.125. The Kier molecular flexibility index (Phi) is 2.17. The number of likely N-dealkylation sites (tertiary alicyclic amines) is 1. The van der Waals surface area contributed by atoms with E-state index in [1.807, 2.05) is 11.8 Å². The minimum Gasteiger partial charge on any atom is -0.298 e. The number of ketones is 1. The Morgan fingerprint density at radius 3 is 2.58 bits per heavy atom. The Balaban J connectivity index is 2.20. The predicted molar refractivity (Wildman–Crippen MR) is 51.5 cm³/mol. The third kappa shape index (κ3) is 1.11. The van der Waals surface area contributed by atoms with Crippen molar-refractivity contribution in [2.24, 2.45) is 0 Å². The van der Waals surface area contributed by atoms with Gasteiger partial charge in [0.15, 0.2) is 5.78 Å². The van der Waals surface area contributed by atoms with Crippen LogP contribution in [-0.4, -0.2) is 41.3 Å². The lowest BCUT2D eigenvalue weighted by Crippen LogP contribution is -2.49. The van der Waals surface area contributed by atoms with Gasteiger partial charge in [0.25, 0.3) is 0 Å². The lowest BCUT2D eigenvalue weighted by atomic mass is 9.88. The van der Waals surface area contributed by atoms with E-state index in [0.717, 1.165) is 37.3 Å². The Hall–Kier alpha value is -0.0200. The molecule has 2 heterocycles. The second-order valence-corrected chi connectivity index (χ2v) is 4.96. The van der Waals surface area contributed by atoms with Crippen molar-refractivity contribution in [1.29, 1.82) is 0 Å². The number of hydrogen-bond donors (Lipinski definition) is 0. The minimum atomic E-state index is -0.0365. The molecule has 0 radical (unpaired) electrons. The molecule has 2 fully saturated rings. The van der Waals surface area contributed by atoms with Gasteiger partial charge in [-0.1, -0.05) is 0 Å². The van der Waals surface area contributed by atoms with Gasteiger partial charge in [0.05, 0.1) is 5.54 Å². The molecule has 0 bridgehead atoms. The van der Waals surface area contributed by atoms with Gasteiger partial charge in [-0.2, -0.15) is 11.8 Å². The fraction of sp³-hybridized carbons (Fsp3) is 0.889. The standard InChI is InChI=1S/C9H15NOS/c1-10-5-2-8(11)9(10)3-6-12-7-4-9/h2-7H2,1H3. The van der Waals surface area contributed by atoms with Crippen molar-refractivity contribution in [2.45, 2.75) is 24.8 Å². The van der Waals surface area contributed by atoms with E-state index in [0.29, 0.717) is 5.78 Å². The van der Waals surface area contributed by atoms with Crippen LogP contribution in [0.15, 0.2) is 0 Å². The van der Waals surface area contributed by atoms with Crippen molar-refractivity contribution in [1.82, 2.24) is 4.90 Å². The first-order chi connectivity index (χ1) is 5.76. The van der Waals surface area contributed by atoms with Crippen molar-refractivity contribution in [3.8, 4) is 0 Å². The molecule has 0 N–H and O–H groups in total. The van der Waals surface area contributed by atoms with Gasteiger partial charge < -0.3 is 0 Å². The van der Waals surface area contributed by atoms with Crippen LogP contribution in [0.4, 0.5) is 0 Å². The molecule has 2 saturated heterocycles. The van der Waals surface area contributed by atoms with E-state index in [-0.39, 0.29) is 5.54 Å². The number of likely N-dealkylation sites (N-methyl/N-ethyl adjacent to an activating group) is 1. The van der Waals surface area contributed by atoms with Crippen molar-refractivity contribution < 1.29 is 4.79 Å². The molecular weight excluding hydrogens is 170 g/mol. The van der Waals surface area contributed by atoms with Gasteiger partial charge in [-0.3, -0.25) is 9.69 Å². The Morgan fingerprint density at radius 2 is 2.08 bits per heavy atom. The summed E-state index contributed by atoms with van der Waals surface area (Å²) in [6.45, 7) is 0.976. The van der Waals surface area contributed by atoms with E-state index in [9.17, 15) is 4.79 Å². The summed E-state index contributed by atoms with van der Waals surface area (Å²) in [4.78, 5) is 14.0. The van der Waals surface area contributed by atoms with Crippen LogP contribution in [0.25, 0.3) is 0 Å². The topological polar surface area (TPSA) is 20.3 Å². The second kappa shape index (κ2) is 3.04. The number of carbonyl (C=O) groups excluding carboxylic acids is 1. The number of carbonyl (C=O) groups is 1. The van der Waals surface area contributed by atoms with Crippen LogP contribution >= 0.6 is 11.8 Å². The fourth-order valence-corrected chi connectivity index (χ4v) is 3.47. The van der Waals surface area contributed by atoms with Gasteiger partial charge in [-0.25, -0.2) is 0 Å². The molecule has 0 aromatic rings. The minimum absolute atomic E-state index is 0.0365. The number of rotatable bonds is 0. The zero-order chi connectivity index (χ0) is 8.60. The molecule has 2 rings (SSSR count). The van der Waals surface area contributed by atoms with Crippen molar-refractivity contribution in [2.75, 3.05) is 25.1 Å². The van der Waals surface area contributed by atoms with Gasteiger partial charge in [0, 0.05) is 13.0 Å². The van der Waals surface area contributed by atoms with E-state index in [1.165, 1.54) is 0 Å². The molecule has 0 aromatic heterocycles. The first-order valence-electron chi connectivity index (χ1n) is 4.58.